The Hall–Kier alpha value is -1.07. The predicted molar refractivity (Wildman–Crippen MR) is 73.7 cm³/mol. The number of carbonyl (C=O) groups excluding carboxylic acids is 1. The van der Waals surface area contributed by atoms with E-state index in [0.29, 0.717) is 13.0 Å². The topological polar surface area (TPSA) is 58.6 Å². The van der Waals surface area contributed by atoms with Gasteiger partial charge in [0.2, 0.25) is 0 Å². The zero-order valence-corrected chi connectivity index (χ0v) is 12.4. The highest BCUT2D eigenvalue weighted by Gasteiger charge is 2.22. The normalized spacial score (nSPS) is 11.2. The van der Waals surface area contributed by atoms with Gasteiger partial charge in [0.05, 0.1) is 11.6 Å². The van der Waals surface area contributed by atoms with E-state index in [1.165, 1.54) is 13.8 Å². The molecule has 4 nitrogen and oxygen atoms in total. The first kappa shape index (κ1) is 15.0. The van der Waals surface area contributed by atoms with E-state index in [2.05, 4.69) is 21.2 Å². The van der Waals surface area contributed by atoms with Gasteiger partial charge in [-0.05, 0) is 53.9 Å². The highest BCUT2D eigenvalue weighted by Crippen LogP contribution is 2.25. The highest BCUT2D eigenvalue weighted by atomic mass is 79.9. The van der Waals surface area contributed by atoms with Gasteiger partial charge < -0.3 is 15.2 Å². The van der Waals surface area contributed by atoms with Gasteiger partial charge in [0.1, 0.15) is 11.4 Å². The van der Waals surface area contributed by atoms with Gasteiger partial charge in [-0.15, -0.1) is 0 Å². The molecule has 1 amide bonds. The van der Waals surface area contributed by atoms with Crippen LogP contribution in [0.15, 0.2) is 22.7 Å². The van der Waals surface area contributed by atoms with Crippen molar-refractivity contribution < 1.29 is 14.6 Å². The monoisotopic (exact) mass is 315 g/mol. The minimum Gasteiger partial charge on any atom is -0.496 e. The number of benzene rings is 1. The van der Waals surface area contributed by atoms with Crippen molar-refractivity contribution in [1.29, 1.82) is 0 Å². The molecule has 2 N–H and O–H groups in total. The molecule has 0 spiro atoms. The van der Waals surface area contributed by atoms with E-state index >= 15 is 0 Å². The molecule has 0 saturated heterocycles. The molecule has 0 atom stereocenters. The molecule has 1 aromatic rings. The molecule has 0 heterocycles. The van der Waals surface area contributed by atoms with Gasteiger partial charge in [-0.25, -0.2) is 0 Å². The van der Waals surface area contributed by atoms with Crippen LogP contribution in [0.1, 0.15) is 19.4 Å². The van der Waals surface area contributed by atoms with Crippen LogP contribution in [0, 0.1) is 0 Å². The maximum absolute atomic E-state index is 11.4. The van der Waals surface area contributed by atoms with Crippen LogP contribution in [0.3, 0.4) is 0 Å². The van der Waals surface area contributed by atoms with E-state index in [-0.39, 0.29) is 5.91 Å². The molecule has 5 heteroatoms. The van der Waals surface area contributed by atoms with Crippen molar-refractivity contribution in [2.75, 3.05) is 13.7 Å². The molecule has 0 aromatic heterocycles. The van der Waals surface area contributed by atoms with E-state index in [0.717, 1.165) is 15.8 Å². The van der Waals surface area contributed by atoms with Gasteiger partial charge in [0.25, 0.3) is 5.91 Å². The van der Waals surface area contributed by atoms with E-state index in [9.17, 15) is 9.90 Å². The maximum Gasteiger partial charge on any atom is 0.251 e. The average Bonchev–Trinajstić information content (AvgIpc) is 2.28. The fourth-order valence-electron chi connectivity index (χ4n) is 1.40. The summed E-state index contributed by atoms with van der Waals surface area (Å²) in [6.45, 7) is 3.42. The molecule has 0 aliphatic rings. The first-order valence-corrected chi connectivity index (χ1v) is 6.47. The first-order chi connectivity index (χ1) is 8.34. The summed E-state index contributed by atoms with van der Waals surface area (Å²) < 4.78 is 6.02. The molecule has 0 fully saturated rings. The summed E-state index contributed by atoms with van der Waals surface area (Å²) in [6, 6.07) is 5.77. The van der Waals surface area contributed by atoms with Crippen LogP contribution in [0.5, 0.6) is 5.75 Å². The minimum absolute atomic E-state index is 0.366. The summed E-state index contributed by atoms with van der Waals surface area (Å²) in [5, 5.41) is 12.1. The molecule has 0 aliphatic carbocycles. The third-order valence-electron chi connectivity index (χ3n) is 2.47. The van der Waals surface area contributed by atoms with E-state index in [1.807, 2.05) is 18.2 Å². The SMILES string of the molecule is COc1ccc(CCNC(=O)C(C)(C)O)cc1Br. The van der Waals surface area contributed by atoms with Gasteiger partial charge in [-0.2, -0.15) is 0 Å². The van der Waals surface area contributed by atoms with Crippen LogP contribution in [0.2, 0.25) is 0 Å². The Kier molecular flexibility index (Phi) is 5.16. The highest BCUT2D eigenvalue weighted by molar-refractivity contribution is 9.10. The molecule has 1 rings (SSSR count). The molecule has 0 saturated carbocycles. The Balaban J connectivity index is 2.50. The fourth-order valence-corrected chi connectivity index (χ4v) is 1.99. The van der Waals surface area contributed by atoms with Crippen molar-refractivity contribution in [3.05, 3.63) is 28.2 Å². The van der Waals surface area contributed by atoms with Crippen molar-refractivity contribution in [2.45, 2.75) is 25.9 Å². The number of nitrogens with one attached hydrogen (secondary N) is 1. The summed E-state index contributed by atoms with van der Waals surface area (Å²) in [4.78, 5) is 11.4. The van der Waals surface area contributed by atoms with Crippen molar-refractivity contribution in [1.82, 2.24) is 5.32 Å². The lowest BCUT2D eigenvalue weighted by Crippen LogP contribution is -2.42. The number of halogens is 1. The van der Waals surface area contributed by atoms with E-state index in [1.54, 1.807) is 7.11 Å². The van der Waals surface area contributed by atoms with Crippen molar-refractivity contribution >= 4 is 21.8 Å². The number of hydrogen-bond acceptors (Lipinski definition) is 3. The molecular weight excluding hydrogens is 298 g/mol. The number of rotatable bonds is 5. The Bertz CT molecular complexity index is 427. The lowest BCUT2D eigenvalue weighted by Gasteiger charge is -2.16. The van der Waals surface area contributed by atoms with E-state index < -0.39 is 5.60 Å². The summed E-state index contributed by atoms with van der Waals surface area (Å²) in [7, 11) is 1.61. The fraction of sp³-hybridized carbons (Fsp3) is 0.462. The second-order valence-electron chi connectivity index (χ2n) is 4.53. The maximum atomic E-state index is 11.4. The number of methoxy groups -OCH3 is 1. The Morgan fingerprint density at radius 3 is 2.67 bits per heavy atom. The van der Waals surface area contributed by atoms with Crippen LogP contribution in [0.4, 0.5) is 0 Å². The van der Waals surface area contributed by atoms with Crippen molar-refractivity contribution in [3.63, 3.8) is 0 Å². The molecule has 0 unspecified atom stereocenters. The third kappa shape index (κ3) is 4.31. The summed E-state index contributed by atoms with van der Waals surface area (Å²) in [5.41, 5.74) is -0.251. The summed E-state index contributed by atoms with van der Waals surface area (Å²) in [5.74, 6) is 0.411. The van der Waals surface area contributed by atoms with Crippen LogP contribution >= 0.6 is 15.9 Å². The van der Waals surface area contributed by atoms with Gasteiger partial charge in [0, 0.05) is 6.54 Å². The molecule has 18 heavy (non-hydrogen) atoms. The van der Waals surface area contributed by atoms with Crippen molar-refractivity contribution in [2.24, 2.45) is 0 Å². The smallest absolute Gasteiger partial charge is 0.251 e. The first-order valence-electron chi connectivity index (χ1n) is 5.67. The quantitative estimate of drug-likeness (QED) is 0.872. The van der Waals surface area contributed by atoms with Crippen LogP contribution < -0.4 is 10.1 Å². The second-order valence-corrected chi connectivity index (χ2v) is 5.39. The molecule has 0 aliphatic heterocycles. The molecule has 100 valence electrons. The molecular formula is C13H18BrNO3. The lowest BCUT2D eigenvalue weighted by atomic mass is 10.1. The molecule has 0 radical (unpaired) electrons. The summed E-state index contributed by atoms with van der Waals surface area (Å²) in [6.07, 6.45) is 0.699. The van der Waals surface area contributed by atoms with Gasteiger partial charge in [-0.3, -0.25) is 4.79 Å². The number of carbonyl (C=O) groups is 1. The second kappa shape index (κ2) is 6.20. The lowest BCUT2D eigenvalue weighted by molar-refractivity contribution is -0.136. The van der Waals surface area contributed by atoms with Gasteiger partial charge in [0.15, 0.2) is 0 Å². The van der Waals surface area contributed by atoms with Crippen LogP contribution in [0.25, 0.3) is 0 Å². The van der Waals surface area contributed by atoms with Crippen molar-refractivity contribution in [3.8, 4) is 5.75 Å². The zero-order chi connectivity index (χ0) is 13.8. The minimum atomic E-state index is -1.33. The Morgan fingerprint density at radius 2 is 2.17 bits per heavy atom. The van der Waals surface area contributed by atoms with Crippen LogP contribution in [-0.2, 0) is 11.2 Å². The van der Waals surface area contributed by atoms with Crippen LogP contribution in [-0.4, -0.2) is 30.3 Å². The summed E-state index contributed by atoms with van der Waals surface area (Å²) >= 11 is 3.41. The number of aliphatic hydroxyl groups is 1. The molecule has 0 bridgehead atoms. The largest absolute Gasteiger partial charge is 0.496 e. The number of ether oxygens (including phenoxy) is 1. The Labute approximate surface area is 115 Å². The molecule has 1 aromatic carbocycles. The Morgan fingerprint density at radius 1 is 1.50 bits per heavy atom. The number of amides is 1. The van der Waals surface area contributed by atoms with Gasteiger partial charge in [-0.1, -0.05) is 6.07 Å². The third-order valence-corrected chi connectivity index (χ3v) is 3.09. The zero-order valence-electron chi connectivity index (χ0n) is 10.8. The average molecular weight is 316 g/mol. The predicted octanol–water partition coefficient (Wildman–Crippen LogP) is 1.89. The number of hydrogen-bond donors (Lipinski definition) is 2. The van der Waals surface area contributed by atoms with E-state index in [4.69, 9.17) is 4.74 Å². The standard InChI is InChI=1S/C13H18BrNO3/c1-13(2,17)12(16)15-7-6-9-4-5-11(18-3)10(14)8-9/h4-5,8,17H,6-7H2,1-3H3,(H,15,16). The van der Waals surface area contributed by atoms with Gasteiger partial charge >= 0.3 is 0 Å².